The summed E-state index contributed by atoms with van der Waals surface area (Å²) in [5, 5.41) is 16.2. The van der Waals surface area contributed by atoms with E-state index in [4.69, 9.17) is 16.6 Å². The van der Waals surface area contributed by atoms with Crippen LogP contribution in [0, 0.1) is 11.3 Å². The normalized spacial score (nSPS) is 15.8. The first kappa shape index (κ1) is 20.9. The highest BCUT2D eigenvalue weighted by atomic mass is 32.2. The van der Waals surface area contributed by atoms with Gasteiger partial charge in [-0.3, -0.25) is 14.6 Å². The van der Waals surface area contributed by atoms with Crippen molar-refractivity contribution in [2.75, 3.05) is 34.4 Å². The number of nitrogens with zero attached hydrogens (tertiary/aromatic N) is 4. The third kappa shape index (κ3) is 3.21. The molecule has 4 heterocycles. The number of sulfonamides is 1. The number of amides is 1. The van der Waals surface area contributed by atoms with Gasteiger partial charge < -0.3 is 11.5 Å². The highest BCUT2D eigenvalue weighted by Crippen LogP contribution is 2.43. The smallest absolute Gasteiger partial charge is 0.240 e. The zero-order valence-corrected chi connectivity index (χ0v) is 18.3. The Kier molecular flexibility index (Phi) is 4.62. The Bertz CT molecular complexity index is 1470. The number of carbonyl (C=O) groups is 1. The number of aromatic nitrogens is 2. The quantitative estimate of drug-likeness (QED) is 0.500. The molecule has 0 unspecified atom stereocenters. The highest BCUT2D eigenvalue weighted by molar-refractivity contribution is 7.89. The number of fused-ring (bicyclic) bond motifs is 3. The molecule has 3 aromatic rings. The van der Waals surface area contributed by atoms with Crippen molar-refractivity contribution < 1.29 is 18.2 Å². The van der Waals surface area contributed by atoms with Gasteiger partial charge in [-0.15, -0.1) is 0 Å². The van der Waals surface area contributed by atoms with Crippen molar-refractivity contribution in [1.82, 2.24) is 4.98 Å². The Morgan fingerprint density at radius 1 is 1.09 bits per heavy atom. The number of H-pyrrole nitrogens is 1. The molecule has 0 saturated carbocycles. The van der Waals surface area contributed by atoms with Crippen LogP contribution < -0.4 is 31.4 Å². The molecular weight excluding hydrogens is 444 g/mol. The molecular formula is C21H21N8O3S+. The van der Waals surface area contributed by atoms with Gasteiger partial charge >= 0.3 is 0 Å². The minimum atomic E-state index is -3.88. The van der Waals surface area contributed by atoms with E-state index in [0.29, 0.717) is 39.2 Å². The lowest BCUT2D eigenvalue weighted by atomic mass is 10.0. The molecule has 1 fully saturated rings. The van der Waals surface area contributed by atoms with Gasteiger partial charge in [0.25, 0.3) is 0 Å². The number of primary sulfonamides is 1. The molecule has 168 valence electrons. The van der Waals surface area contributed by atoms with Crippen LogP contribution in [-0.4, -0.2) is 32.4 Å². The molecule has 0 atom stereocenters. The summed E-state index contributed by atoms with van der Waals surface area (Å²) in [6, 6.07) is 7.86. The standard InChI is InChI=1S/C21H20N8O3S/c22-10-14-16-13-9-15(30)29(11-3-5-12(6-4-11)33(25,31)32)21(13)27-19(24)17(16)18(23)26-20(14)28-7-1-2-8-28/h3-6H,1-2,7-9H2,(H2,23,26)(H2,24,27)(H2,25,31,32)/p+1. The number of nitrogens with one attached hydrogen (secondary N) is 1. The first-order valence-electron chi connectivity index (χ1n) is 10.3. The fourth-order valence-corrected chi connectivity index (χ4v) is 5.10. The predicted molar refractivity (Wildman–Crippen MR) is 122 cm³/mol. The average molecular weight is 466 g/mol. The lowest BCUT2D eigenvalue weighted by Gasteiger charge is -2.19. The van der Waals surface area contributed by atoms with E-state index in [2.05, 4.69) is 20.9 Å². The van der Waals surface area contributed by atoms with Crippen LogP contribution in [0.15, 0.2) is 29.2 Å². The van der Waals surface area contributed by atoms with Gasteiger partial charge in [0.05, 0.1) is 35.5 Å². The Morgan fingerprint density at radius 2 is 1.76 bits per heavy atom. The molecule has 7 N–H and O–H groups in total. The van der Waals surface area contributed by atoms with Gasteiger partial charge in [-0.2, -0.15) is 5.26 Å². The lowest BCUT2D eigenvalue weighted by molar-refractivity contribution is -0.344. The summed E-state index contributed by atoms with van der Waals surface area (Å²) < 4.78 is 23.2. The Labute approximate surface area is 189 Å². The predicted octanol–water partition coefficient (Wildman–Crippen LogP) is 0.553. The lowest BCUT2D eigenvalue weighted by Crippen LogP contribution is -2.29. The monoisotopic (exact) mass is 465 g/mol. The van der Waals surface area contributed by atoms with Crippen LogP contribution in [0.5, 0.6) is 0 Å². The minimum absolute atomic E-state index is 0.00632. The Hall–Kier alpha value is -3.95. The van der Waals surface area contributed by atoms with Gasteiger partial charge in [0.15, 0.2) is 0 Å². The van der Waals surface area contributed by atoms with Crippen LogP contribution in [0.4, 0.5) is 29.0 Å². The number of hydrogen-bond acceptors (Lipinski definition) is 8. The van der Waals surface area contributed by atoms with Crippen molar-refractivity contribution in [1.29, 1.82) is 5.26 Å². The van der Waals surface area contributed by atoms with Crippen LogP contribution in [-0.2, 0) is 21.2 Å². The first-order chi connectivity index (χ1) is 15.7. The summed E-state index contributed by atoms with van der Waals surface area (Å²) in [7, 11) is -3.88. The van der Waals surface area contributed by atoms with Crippen molar-refractivity contribution in [3.63, 3.8) is 0 Å². The van der Waals surface area contributed by atoms with E-state index in [-0.39, 0.29) is 28.9 Å². The third-order valence-corrected chi connectivity index (χ3v) is 6.99. The van der Waals surface area contributed by atoms with E-state index >= 15 is 0 Å². The average Bonchev–Trinajstić information content (AvgIpc) is 3.40. The number of nitriles is 1. The van der Waals surface area contributed by atoms with E-state index in [1.54, 1.807) is 0 Å². The summed E-state index contributed by atoms with van der Waals surface area (Å²) >= 11 is 0. The molecule has 33 heavy (non-hydrogen) atoms. The third-order valence-electron chi connectivity index (χ3n) is 6.06. The zero-order chi connectivity index (χ0) is 23.5. The van der Waals surface area contributed by atoms with E-state index in [9.17, 15) is 18.5 Å². The minimum Gasteiger partial charge on any atom is -0.383 e. The van der Waals surface area contributed by atoms with Crippen molar-refractivity contribution in [2.45, 2.75) is 24.2 Å². The number of rotatable bonds is 3. The summed E-state index contributed by atoms with van der Waals surface area (Å²) in [5.41, 5.74) is 13.9. The van der Waals surface area contributed by atoms with Gasteiger partial charge in [0.2, 0.25) is 27.6 Å². The van der Waals surface area contributed by atoms with E-state index < -0.39 is 10.0 Å². The molecule has 1 saturated heterocycles. The summed E-state index contributed by atoms with van der Waals surface area (Å²) in [4.78, 5) is 24.0. The van der Waals surface area contributed by atoms with Crippen molar-refractivity contribution in [3.8, 4) is 6.07 Å². The number of benzene rings is 1. The van der Waals surface area contributed by atoms with Crippen molar-refractivity contribution in [2.24, 2.45) is 5.14 Å². The summed E-state index contributed by atoms with van der Waals surface area (Å²) in [6.07, 6.45) is 2.01. The molecule has 11 nitrogen and oxygen atoms in total. The molecule has 1 amide bonds. The van der Waals surface area contributed by atoms with Crippen LogP contribution in [0.25, 0.3) is 10.8 Å². The van der Waals surface area contributed by atoms with Crippen LogP contribution in [0.1, 0.15) is 24.0 Å². The molecule has 0 spiro atoms. The first-order valence-corrected chi connectivity index (χ1v) is 11.8. The second-order valence-corrected chi connectivity index (χ2v) is 9.62. The van der Waals surface area contributed by atoms with Crippen LogP contribution in [0.3, 0.4) is 0 Å². The maximum Gasteiger partial charge on any atom is 0.240 e. The molecule has 12 heteroatoms. The number of anilines is 5. The zero-order valence-electron chi connectivity index (χ0n) is 17.5. The van der Waals surface area contributed by atoms with E-state index in [1.165, 1.54) is 29.2 Å². The van der Waals surface area contributed by atoms with Crippen molar-refractivity contribution in [3.05, 3.63) is 35.4 Å². The molecule has 0 bridgehead atoms. The summed E-state index contributed by atoms with van der Waals surface area (Å²) in [6.45, 7) is 1.58. The van der Waals surface area contributed by atoms with E-state index in [0.717, 1.165) is 25.9 Å². The van der Waals surface area contributed by atoms with Gasteiger partial charge in [0, 0.05) is 10.9 Å². The number of hydrogen-bond donors (Lipinski definition) is 3. The van der Waals surface area contributed by atoms with Gasteiger partial charge in [-0.05, 0) is 37.1 Å². The Balaban J connectivity index is 1.74. The topological polar surface area (TPSA) is 187 Å². The molecule has 0 aliphatic carbocycles. The fourth-order valence-electron chi connectivity index (χ4n) is 4.59. The molecule has 2 aliphatic heterocycles. The SMILES string of the molecule is N#Cc1c(N2CCCC2)[nH+]c(N)c2c(N)nc3c(c12)CC(=O)N3c1ccc(S(N)(=O)=O)cc1. The molecule has 5 rings (SSSR count). The summed E-state index contributed by atoms with van der Waals surface area (Å²) in [5.74, 6) is 0.981. The maximum absolute atomic E-state index is 13.1. The largest absolute Gasteiger partial charge is 0.383 e. The molecule has 0 radical (unpaired) electrons. The van der Waals surface area contributed by atoms with Crippen molar-refractivity contribution >= 4 is 55.7 Å². The van der Waals surface area contributed by atoms with Gasteiger partial charge in [-0.25, -0.2) is 23.5 Å². The maximum atomic E-state index is 13.1. The molecule has 2 aromatic heterocycles. The van der Waals surface area contributed by atoms with Gasteiger partial charge in [-0.1, -0.05) is 0 Å². The van der Waals surface area contributed by atoms with E-state index in [1.807, 2.05) is 0 Å². The number of nitrogen functional groups attached to an aromatic ring is 2. The number of nitrogens with two attached hydrogens (primary N) is 3. The number of carbonyl (C=O) groups excluding carboxylic acids is 1. The second kappa shape index (κ2) is 7.29. The van der Waals surface area contributed by atoms with Crippen LogP contribution >= 0.6 is 0 Å². The number of pyridine rings is 2. The highest BCUT2D eigenvalue weighted by Gasteiger charge is 2.36. The Morgan fingerprint density at radius 3 is 2.36 bits per heavy atom. The van der Waals surface area contributed by atoms with Gasteiger partial charge in [0.1, 0.15) is 23.3 Å². The molecule has 2 aliphatic rings. The number of aromatic amines is 1. The second-order valence-electron chi connectivity index (χ2n) is 8.06. The fraction of sp³-hybridized carbons (Fsp3) is 0.238. The van der Waals surface area contributed by atoms with Crippen LogP contribution in [0.2, 0.25) is 0 Å². The molecule has 1 aromatic carbocycles.